The second-order valence-corrected chi connectivity index (χ2v) is 7.48. The number of thioether (sulfide) groups is 1. The molecule has 1 aromatic rings. The van der Waals surface area contributed by atoms with Crippen molar-refractivity contribution in [1.29, 1.82) is 0 Å². The Bertz CT molecular complexity index is 611. The van der Waals surface area contributed by atoms with Crippen LogP contribution >= 0.6 is 11.8 Å². The Morgan fingerprint density at radius 2 is 1.83 bits per heavy atom. The first-order chi connectivity index (χ1) is 11.1. The van der Waals surface area contributed by atoms with Crippen molar-refractivity contribution in [2.75, 3.05) is 5.75 Å². The maximum absolute atomic E-state index is 12.3. The fourth-order valence-electron chi connectivity index (χ4n) is 1.78. The average Bonchev–Trinajstić information content (AvgIpc) is 2.45. The van der Waals surface area contributed by atoms with Gasteiger partial charge in [-0.05, 0) is 45.6 Å². The van der Waals surface area contributed by atoms with Gasteiger partial charge < -0.3 is 10.1 Å². The molecule has 1 aromatic carbocycles. The monoisotopic (exact) mass is 352 g/mol. The quantitative estimate of drug-likeness (QED) is 0.629. The maximum atomic E-state index is 12.3. The number of benzene rings is 1. The topological polar surface area (TPSA) is 84.5 Å². The molecule has 2 N–H and O–H groups in total. The van der Waals surface area contributed by atoms with E-state index in [0.29, 0.717) is 5.56 Å². The molecular weight excluding hydrogens is 328 g/mol. The standard InChI is InChI=1S/C17H24N2O4S/c1-6-24-13-10-8-7-9-12(13)15(21)23-11(2)14(20)18-16(22)19-17(3,4)5/h7-11H,6H2,1-5H3,(H2,18,19,20,22)/t11-/m1/s1. The molecule has 0 unspecified atom stereocenters. The van der Waals surface area contributed by atoms with Gasteiger partial charge in [-0.25, -0.2) is 9.59 Å². The van der Waals surface area contributed by atoms with E-state index < -0.39 is 29.6 Å². The summed E-state index contributed by atoms with van der Waals surface area (Å²) in [5.74, 6) is -0.455. The number of nitrogens with one attached hydrogen (secondary N) is 2. The lowest BCUT2D eigenvalue weighted by atomic mass is 10.1. The molecule has 0 aromatic heterocycles. The van der Waals surface area contributed by atoms with Crippen molar-refractivity contribution >= 4 is 29.7 Å². The Labute approximate surface area is 146 Å². The summed E-state index contributed by atoms with van der Waals surface area (Å²) in [6, 6.07) is 6.42. The van der Waals surface area contributed by atoms with Gasteiger partial charge in [0, 0.05) is 10.4 Å². The lowest BCUT2D eigenvalue weighted by molar-refractivity contribution is -0.127. The summed E-state index contributed by atoms with van der Waals surface area (Å²) in [4.78, 5) is 36.7. The number of ether oxygens (including phenoxy) is 1. The summed E-state index contributed by atoms with van der Waals surface area (Å²) in [6.07, 6.45) is -1.08. The van der Waals surface area contributed by atoms with E-state index in [9.17, 15) is 14.4 Å². The molecule has 0 saturated carbocycles. The third-order valence-corrected chi connectivity index (χ3v) is 3.74. The van der Waals surface area contributed by atoms with Gasteiger partial charge >= 0.3 is 12.0 Å². The zero-order valence-electron chi connectivity index (χ0n) is 14.6. The van der Waals surface area contributed by atoms with Crippen molar-refractivity contribution in [2.45, 2.75) is 51.2 Å². The lowest BCUT2D eigenvalue weighted by Crippen LogP contribution is -2.50. The Morgan fingerprint density at radius 1 is 1.21 bits per heavy atom. The summed E-state index contributed by atoms with van der Waals surface area (Å²) in [5.41, 5.74) is -0.0659. The minimum absolute atomic E-state index is 0.406. The Hall–Kier alpha value is -2.02. The van der Waals surface area contributed by atoms with Crippen LogP contribution in [0.4, 0.5) is 4.79 Å². The molecule has 132 valence electrons. The number of amides is 3. The maximum Gasteiger partial charge on any atom is 0.340 e. The molecule has 0 aliphatic heterocycles. The van der Waals surface area contributed by atoms with Crippen molar-refractivity contribution in [3.63, 3.8) is 0 Å². The summed E-state index contributed by atoms with van der Waals surface area (Å²) >= 11 is 1.52. The fourth-order valence-corrected chi connectivity index (χ4v) is 2.57. The minimum Gasteiger partial charge on any atom is -0.449 e. The number of urea groups is 1. The number of carbonyl (C=O) groups is 3. The highest BCUT2D eigenvalue weighted by atomic mass is 32.2. The minimum atomic E-state index is -1.08. The molecule has 1 atom stereocenters. The predicted molar refractivity (Wildman–Crippen MR) is 94.1 cm³/mol. The van der Waals surface area contributed by atoms with Crippen LogP contribution in [0.2, 0.25) is 0 Å². The van der Waals surface area contributed by atoms with Gasteiger partial charge in [-0.2, -0.15) is 0 Å². The average molecular weight is 352 g/mol. The van der Waals surface area contributed by atoms with Crippen molar-refractivity contribution in [3.8, 4) is 0 Å². The number of imide groups is 1. The van der Waals surface area contributed by atoms with Crippen molar-refractivity contribution in [1.82, 2.24) is 10.6 Å². The summed E-state index contributed by atoms with van der Waals surface area (Å²) in [6.45, 7) is 8.79. The van der Waals surface area contributed by atoms with E-state index in [0.717, 1.165) is 10.6 Å². The second kappa shape index (κ2) is 8.73. The molecule has 0 saturated heterocycles. The third kappa shape index (κ3) is 6.62. The van der Waals surface area contributed by atoms with Crippen LogP contribution in [0.25, 0.3) is 0 Å². The van der Waals surface area contributed by atoms with Gasteiger partial charge in [0.15, 0.2) is 6.10 Å². The van der Waals surface area contributed by atoms with Crippen LogP contribution in [0.1, 0.15) is 45.0 Å². The lowest BCUT2D eigenvalue weighted by Gasteiger charge is -2.21. The molecule has 0 bridgehead atoms. The number of carbonyl (C=O) groups excluding carboxylic acids is 3. The SMILES string of the molecule is CCSc1ccccc1C(=O)O[C@H](C)C(=O)NC(=O)NC(C)(C)C. The number of rotatable bonds is 5. The zero-order chi connectivity index (χ0) is 18.3. The summed E-state index contributed by atoms with van der Waals surface area (Å²) in [5, 5.41) is 4.76. The molecule has 7 heteroatoms. The molecule has 0 radical (unpaired) electrons. The highest BCUT2D eigenvalue weighted by Gasteiger charge is 2.23. The van der Waals surface area contributed by atoms with E-state index in [1.807, 2.05) is 19.1 Å². The largest absolute Gasteiger partial charge is 0.449 e. The molecule has 0 heterocycles. The number of hydrogen-bond donors (Lipinski definition) is 2. The third-order valence-electron chi connectivity index (χ3n) is 2.79. The Balaban J connectivity index is 2.67. The number of esters is 1. The highest BCUT2D eigenvalue weighted by Crippen LogP contribution is 2.23. The molecule has 1 rings (SSSR count). The molecule has 24 heavy (non-hydrogen) atoms. The van der Waals surface area contributed by atoms with Crippen molar-refractivity contribution in [3.05, 3.63) is 29.8 Å². The van der Waals surface area contributed by atoms with E-state index in [2.05, 4.69) is 10.6 Å². The highest BCUT2D eigenvalue weighted by molar-refractivity contribution is 7.99. The summed E-state index contributed by atoms with van der Waals surface area (Å²) < 4.78 is 5.17. The van der Waals surface area contributed by atoms with Gasteiger partial charge in [0.1, 0.15) is 0 Å². The van der Waals surface area contributed by atoms with E-state index in [1.165, 1.54) is 18.7 Å². The first kappa shape index (κ1) is 20.0. The molecule has 3 amide bonds. The molecule has 0 aliphatic rings. The van der Waals surface area contributed by atoms with Crippen molar-refractivity contribution in [2.24, 2.45) is 0 Å². The second-order valence-electron chi connectivity index (χ2n) is 6.17. The normalized spacial score (nSPS) is 12.2. The molecule has 0 spiro atoms. The molecule has 0 fully saturated rings. The molecular formula is C17H24N2O4S. The van der Waals surface area contributed by atoms with Gasteiger partial charge in [0.25, 0.3) is 5.91 Å². The van der Waals surface area contributed by atoms with Gasteiger partial charge in [-0.3, -0.25) is 10.1 Å². The fraction of sp³-hybridized carbons (Fsp3) is 0.471. The van der Waals surface area contributed by atoms with Crippen LogP contribution in [-0.2, 0) is 9.53 Å². The van der Waals surface area contributed by atoms with Crippen LogP contribution < -0.4 is 10.6 Å². The first-order valence-corrected chi connectivity index (χ1v) is 8.68. The Morgan fingerprint density at radius 3 is 2.42 bits per heavy atom. The van der Waals surface area contributed by atoms with Crippen LogP contribution in [0.3, 0.4) is 0 Å². The zero-order valence-corrected chi connectivity index (χ0v) is 15.5. The number of hydrogen-bond acceptors (Lipinski definition) is 5. The first-order valence-electron chi connectivity index (χ1n) is 7.70. The van der Waals surface area contributed by atoms with E-state index in [4.69, 9.17) is 4.74 Å². The summed E-state index contributed by atoms with van der Waals surface area (Å²) in [7, 11) is 0. The Kier molecular flexibility index (Phi) is 7.28. The van der Waals surface area contributed by atoms with E-state index in [1.54, 1.807) is 32.9 Å². The van der Waals surface area contributed by atoms with Crippen LogP contribution in [0.5, 0.6) is 0 Å². The van der Waals surface area contributed by atoms with E-state index in [-0.39, 0.29) is 0 Å². The smallest absolute Gasteiger partial charge is 0.340 e. The van der Waals surface area contributed by atoms with Crippen LogP contribution in [-0.4, -0.2) is 35.3 Å². The van der Waals surface area contributed by atoms with Gasteiger partial charge in [-0.15, -0.1) is 11.8 Å². The molecule has 6 nitrogen and oxygen atoms in total. The molecule has 0 aliphatic carbocycles. The van der Waals surface area contributed by atoms with Crippen LogP contribution in [0.15, 0.2) is 29.2 Å². The van der Waals surface area contributed by atoms with E-state index >= 15 is 0 Å². The van der Waals surface area contributed by atoms with Gasteiger partial charge in [-0.1, -0.05) is 19.1 Å². The van der Waals surface area contributed by atoms with Crippen LogP contribution in [0, 0.1) is 0 Å². The van der Waals surface area contributed by atoms with Gasteiger partial charge in [0.2, 0.25) is 0 Å². The van der Waals surface area contributed by atoms with Gasteiger partial charge in [0.05, 0.1) is 5.56 Å². The van der Waals surface area contributed by atoms with Crippen molar-refractivity contribution < 1.29 is 19.1 Å². The predicted octanol–water partition coefficient (Wildman–Crippen LogP) is 2.97.